The van der Waals surface area contributed by atoms with Crippen molar-refractivity contribution in [1.82, 2.24) is 9.62 Å². The summed E-state index contributed by atoms with van der Waals surface area (Å²) in [6.45, 7) is -0.814. The molecule has 0 spiro atoms. The summed E-state index contributed by atoms with van der Waals surface area (Å²) >= 11 is 5.71. The maximum absolute atomic E-state index is 13.6. The summed E-state index contributed by atoms with van der Waals surface area (Å²) < 4.78 is 62.7. The Labute approximate surface area is 120 Å². The summed E-state index contributed by atoms with van der Waals surface area (Å²) in [6, 6.07) is 1.89. The van der Waals surface area contributed by atoms with Crippen LogP contribution < -0.4 is 5.32 Å². The SMILES string of the molecule is CNCc1cc(S(=O)(=O)N(C)CC(F)F)cc(F)c1Cl. The topological polar surface area (TPSA) is 49.4 Å². The summed E-state index contributed by atoms with van der Waals surface area (Å²) in [5.41, 5.74) is 0.234. The highest BCUT2D eigenvalue weighted by molar-refractivity contribution is 7.89. The number of benzene rings is 1. The largest absolute Gasteiger partial charge is 0.316 e. The van der Waals surface area contributed by atoms with Gasteiger partial charge in [-0.1, -0.05) is 11.6 Å². The van der Waals surface area contributed by atoms with Crippen LogP contribution in [0.4, 0.5) is 13.2 Å². The van der Waals surface area contributed by atoms with Crippen LogP contribution in [0.25, 0.3) is 0 Å². The predicted molar refractivity (Wildman–Crippen MR) is 70.0 cm³/mol. The van der Waals surface area contributed by atoms with Gasteiger partial charge in [0.25, 0.3) is 6.43 Å². The standard InChI is InChI=1S/C11H14ClF3N2O2S/c1-16-5-7-3-8(4-9(13)11(7)12)20(18,19)17(2)6-10(14)15/h3-4,10,16H,5-6H2,1-2H3. The van der Waals surface area contributed by atoms with Gasteiger partial charge in [-0.2, -0.15) is 4.31 Å². The van der Waals surface area contributed by atoms with Crippen LogP contribution in [-0.2, 0) is 16.6 Å². The molecule has 1 aromatic carbocycles. The van der Waals surface area contributed by atoms with Crippen molar-refractivity contribution in [2.45, 2.75) is 17.9 Å². The smallest absolute Gasteiger partial charge is 0.252 e. The van der Waals surface area contributed by atoms with E-state index in [0.29, 0.717) is 4.31 Å². The molecule has 1 aromatic rings. The van der Waals surface area contributed by atoms with Crippen LogP contribution in [0.5, 0.6) is 0 Å². The fraction of sp³-hybridized carbons (Fsp3) is 0.455. The van der Waals surface area contributed by atoms with Crippen molar-refractivity contribution in [3.63, 3.8) is 0 Å². The molecule has 1 N–H and O–H groups in total. The maximum Gasteiger partial charge on any atom is 0.252 e. The number of rotatable bonds is 6. The number of alkyl halides is 2. The molecule has 0 heterocycles. The molecule has 0 aliphatic carbocycles. The third kappa shape index (κ3) is 3.85. The quantitative estimate of drug-likeness (QED) is 0.869. The summed E-state index contributed by atoms with van der Waals surface area (Å²) in [7, 11) is -1.60. The summed E-state index contributed by atoms with van der Waals surface area (Å²) in [5, 5.41) is 2.51. The van der Waals surface area contributed by atoms with Crippen molar-refractivity contribution >= 4 is 21.6 Å². The van der Waals surface area contributed by atoms with Gasteiger partial charge in [-0.15, -0.1) is 0 Å². The highest BCUT2D eigenvalue weighted by Crippen LogP contribution is 2.26. The minimum absolute atomic E-state index is 0.150. The van der Waals surface area contributed by atoms with Gasteiger partial charge in [0.2, 0.25) is 10.0 Å². The van der Waals surface area contributed by atoms with Crippen LogP contribution in [0.2, 0.25) is 5.02 Å². The van der Waals surface area contributed by atoms with Gasteiger partial charge in [0.05, 0.1) is 16.5 Å². The van der Waals surface area contributed by atoms with Gasteiger partial charge >= 0.3 is 0 Å². The molecule has 0 aliphatic heterocycles. The lowest BCUT2D eigenvalue weighted by atomic mass is 10.2. The van der Waals surface area contributed by atoms with E-state index in [0.717, 1.165) is 13.1 Å². The number of nitrogens with one attached hydrogen (secondary N) is 1. The fourth-order valence-corrected chi connectivity index (χ4v) is 2.95. The summed E-state index contributed by atoms with van der Waals surface area (Å²) in [6.07, 6.45) is -2.82. The maximum atomic E-state index is 13.6. The zero-order chi connectivity index (χ0) is 15.5. The lowest BCUT2D eigenvalue weighted by Crippen LogP contribution is -2.31. The normalized spacial score (nSPS) is 12.4. The second-order valence-electron chi connectivity index (χ2n) is 4.09. The second-order valence-corrected chi connectivity index (χ2v) is 6.51. The Morgan fingerprint density at radius 2 is 2.00 bits per heavy atom. The van der Waals surface area contributed by atoms with Crippen LogP contribution in [0.1, 0.15) is 5.56 Å². The molecule has 0 aromatic heterocycles. The Bertz CT molecular complexity index is 581. The fourth-order valence-electron chi connectivity index (χ4n) is 1.56. The Morgan fingerprint density at radius 3 is 2.50 bits per heavy atom. The first-order chi connectivity index (χ1) is 9.20. The Kier molecular flexibility index (Phi) is 5.81. The molecular weight excluding hydrogens is 317 g/mol. The van der Waals surface area contributed by atoms with Gasteiger partial charge in [0.15, 0.2) is 0 Å². The second kappa shape index (κ2) is 6.75. The third-order valence-electron chi connectivity index (χ3n) is 2.55. The van der Waals surface area contributed by atoms with Crippen LogP contribution >= 0.6 is 11.6 Å². The van der Waals surface area contributed by atoms with Gasteiger partial charge in [0.1, 0.15) is 5.82 Å². The van der Waals surface area contributed by atoms with Gasteiger partial charge in [-0.3, -0.25) is 0 Å². The molecule has 114 valence electrons. The minimum atomic E-state index is -4.19. The number of nitrogens with zero attached hydrogens (tertiary/aromatic N) is 1. The van der Waals surface area contributed by atoms with E-state index in [4.69, 9.17) is 11.6 Å². The van der Waals surface area contributed by atoms with Crippen molar-refractivity contribution in [3.05, 3.63) is 28.5 Å². The van der Waals surface area contributed by atoms with E-state index in [2.05, 4.69) is 5.32 Å². The highest BCUT2D eigenvalue weighted by atomic mass is 35.5. The number of hydrogen-bond acceptors (Lipinski definition) is 3. The van der Waals surface area contributed by atoms with Crippen LogP contribution in [0, 0.1) is 5.82 Å². The minimum Gasteiger partial charge on any atom is -0.316 e. The first-order valence-corrected chi connectivity index (χ1v) is 7.39. The van der Waals surface area contributed by atoms with E-state index < -0.39 is 33.7 Å². The van der Waals surface area contributed by atoms with E-state index in [1.54, 1.807) is 7.05 Å². The molecule has 20 heavy (non-hydrogen) atoms. The molecule has 0 amide bonds. The number of halogens is 4. The Morgan fingerprint density at radius 1 is 1.40 bits per heavy atom. The zero-order valence-electron chi connectivity index (χ0n) is 10.8. The number of hydrogen-bond donors (Lipinski definition) is 1. The molecule has 0 fully saturated rings. The summed E-state index contributed by atoms with van der Waals surface area (Å²) in [5.74, 6) is -0.913. The molecule has 0 aliphatic rings. The average molecular weight is 331 g/mol. The monoisotopic (exact) mass is 330 g/mol. The lowest BCUT2D eigenvalue weighted by Gasteiger charge is -2.17. The van der Waals surface area contributed by atoms with Gasteiger partial charge in [0, 0.05) is 13.6 Å². The Balaban J connectivity index is 3.25. The molecule has 9 heteroatoms. The van der Waals surface area contributed by atoms with Crippen molar-refractivity contribution in [3.8, 4) is 0 Å². The van der Waals surface area contributed by atoms with E-state index in [9.17, 15) is 21.6 Å². The van der Waals surface area contributed by atoms with Crippen LogP contribution in [-0.4, -0.2) is 39.8 Å². The van der Waals surface area contributed by atoms with E-state index in [-0.39, 0.29) is 17.1 Å². The first kappa shape index (κ1) is 17.2. The molecule has 0 atom stereocenters. The summed E-state index contributed by atoms with van der Waals surface area (Å²) in [4.78, 5) is -0.409. The molecule has 0 saturated heterocycles. The van der Waals surface area contributed by atoms with E-state index in [1.807, 2.05) is 0 Å². The Hall–Kier alpha value is -0.830. The average Bonchev–Trinajstić information content (AvgIpc) is 2.33. The molecule has 0 radical (unpaired) electrons. The molecule has 4 nitrogen and oxygen atoms in total. The van der Waals surface area contributed by atoms with Crippen LogP contribution in [0.3, 0.4) is 0 Å². The van der Waals surface area contributed by atoms with Crippen molar-refractivity contribution in [2.24, 2.45) is 0 Å². The van der Waals surface area contributed by atoms with Gasteiger partial charge < -0.3 is 5.32 Å². The molecule has 0 unspecified atom stereocenters. The zero-order valence-corrected chi connectivity index (χ0v) is 12.4. The van der Waals surface area contributed by atoms with E-state index in [1.165, 1.54) is 6.07 Å². The molecule has 0 bridgehead atoms. The van der Waals surface area contributed by atoms with Crippen molar-refractivity contribution in [2.75, 3.05) is 20.6 Å². The molecular formula is C11H14ClF3N2O2S. The highest BCUT2D eigenvalue weighted by Gasteiger charge is 2.25. The molecule has 1 rings (SSSR count). The van der Waals surface area contributed by atoms with Crippen LogP contribution in [0.15, 0.2) is 17.0 Å². The van der Waals surface area contributed by atoms with E-state index >= 15 is 0 Å². The lowest BCUT2D eigenvalue weighted by molar-refractivity contribution is 0.126. The van der Waals surface area contributed by atoms with Crippen molar-refractivity contribution < 1.29 is 21.6 Å². The predicted octanol–water partition coefficient (Wildman–Crippen LogP) is 2.08. The number of sulfonamides is 1. The first-order valence-electron chi connectivity index (χ1n) is 5.57. The van der Waals surface area contributed by atoms with Gasteiger partial charge in [-0.05, 0) is 24.7 Å². The third-order valence-corrected chi connectivity index (χ3v) is 4.77. The van der Waals surface area contributed by atoms with Crippen molar-refractivity contribution in [1.29, 1.82) is 0 Å². The van der Waals surface area contributed by atoms with Gasteiger partial charge in [-0.25, -0.2) is 21.6 Å². The molecule has 0 saturated carbocycles.